The van der Waals surface area contributed by atoms with E-state index in [9.17, 15) is 0 Å². The van der Waals surface area contributed by atoms with Crippen LogP contribution in [0.5, 0.6) is 0 Å². The van der Waals surface area contributed by atoms with Crippen molar-refractivity contribution in [2.45, 2.75) is 19.9 Å². The quantitative estimate of drug-likeness (QED) is 0.920. The molecule has 0 bridgehead atoms. The second-order valence-corrected chi connectivity index (χ2v) is 6.11. The predicted octanol–water partition coefficient (Wildman–Crippen LogP) is 2.45. The van der Waals surface area contributed by atoms with E-state index in [1.54, 1.807) is 0 Å². The van der Waals surface area contributed by atoms with Crippen molar-refractivity contribution in [2.24, 2.45) is 11.7 Å². The second kappa shape index (κ2) is 6.60. The van der Waals surface area contributed by atoms with Crippen LogP contribution < -0.4 is 10.6 Å². The van der Waals surface area contributed by atoms with Gasteiger partial charge in [-0.15, -0.1) is 0 Å². The minimum atomic E-state index is 0.276. The van der Waals surface area contributed by atoms with E-state index in [0.717, 1.165) is 37.7 Å². The Morgan fingerprint density at radius 1 is 1.21 bits per heavy atom. The number of halogens is 1. The summed E-state index contributed by atoms with van der Waals surface area (Å²) in [7, 11) is 0. The van der Waals surface area contributed by atoms with Gasteiger partial charge in [-0.2, -0.15) is 0 Å². The number of nitrogens with two attached hydrogens (primary N) is 1. The van der Waals surface area contributed by atoms with Gasteiger partial charge in [0, 0.05) is 49.5 Å². The van der Waals surface area contributed by atoms with E-state index in [2.05, 4.69) is 29.7 Å². The lowest BCUT2D eigenvalue weighted by Crippen LogP contribution is -2.50. The molecule has 1 aliphatic rings. The van der Waals surface area contributed by atoms with Crippen LogP contribution in [-0.2, 0) is 0 Å². The first kappa shape index (κ1) is 14.6. The van der Waals surface area contributed by atoms with Crippen LogP contribution in [0.3, 0.4) is 0 Å². The molecule has 0 radical (unpaired) electrons. The van der Waals surface area contributed by atoms with Crippen molar-refractivity contribution in [1.82, 2.24) is 4.90 Å². The summed E-state index contributed by atoms with van der Waals surface area (Å²) in [5.74, 6) is 0.547. The Kier molecular flexibility index (Phi) is 5.08. The zero-order valence-corrected chi connectivity index (χ0v) is 12.6. The Morgan fingerprint density at radius 3 is 2.47 bits per heavy atom. The maximum Gasteiger partial charge on any atom is 0.0426 e. The summed E-state index contributed by atoms with van der Waals surface area (Å²) in [6, 6.07) is 8.37. The molecule has 1 heterocycles. The highest BCUT2D eigenvalue weighted by molar-refractivity contribution is 6.30. The molecule has 19 heavy (non-hydrogen) atoms. The number of hydrogen-bond acceptors (Lipinski definition) is 3. The number of benzene rings is 1. The minimum Gasteiger partial charge on any atom is -0.369 e. The van der Waals surface area contributed by atoms with Crippen LogP contribution >= 0.6 is 11.6 Å². The Hall–Kier alpha value is -0.770. The van der Waals surface area contributed by atoms with Crippen molar-refractivity contribution in [3.8, 4) is 0 Å². The Balaban J connectivity index is 1.85. The molecule has 0 amide bonds. The molecule has 0 aromatic heterocycles. The molecule has 2 rings (SSSR count). The van der Waals surface area contributed by atoms with Gasteiger partial charge in [0.15, 0.2) is 0 Å². The molecule has 1 aliphatic heterocycles. The van der Waals surface area contributed by atoms with Gasteiger partial charge in [-0.05, 0) is 24.1 Å². The first-order valence-electron chi connectivity index (χ1n) is 7.04. The van der Waals surface area contributed by atoms with E-state index < -0.39 is 0 Å². The summed E-state index contributed by atoms with van der Waals surface area (Å²) in [5.41, 5.74) is 7.36. The fourth-order valence-electron chi connectivity index (χ4n) is 2.37. The number of piperazine rings is 1. The maximum absolute atomic E-state index is 6.14. The van der Waals surface area contributed by atoms with Gasteiger partial charge in [-0.1, -0.05) is 31.5 Å². The van der Waals surface area contributed by atoms with E-state index in [4.69, 9.17) is 17.3 Å². The fourth-order valence-corrected chi connectivity index (χ4v) is 2.55. The molecule has 4 heteroatoms. The van der Waals surface area contributed by atoms with Crippen molar-refractivity contribution in [1.29, 1.82) is 0 Å². The first-order chi connectivity index (χ1) is 9.06. The van der Waals surface area contributed by atoms with E-state index in [1.807, 2.05) is 18.2 Å². The molecule has 0 spiro atoms. The average molecular weight is 282 g/mol. The van der Waals surface area contributed by atoms with E-state index in [0.29, 0.717) is 5.92 Å². The number of anilines is 1. The first-order valence-corrected chi connectivity index (χ1v) is 7.42. The monoisotopic (exact) mass is 281 g/mol. The van der Waals surface area contributed by atoms with Crippen LogP contribution in [0.4, 0.5) is 5.69 Å². The largest absolute Gasteiger partial charge is 0.369 e. The Bertz CT molecular complexity index is 400. The van der Waals surface area contributed by atoms with Crippen molar-refractivity contribution in [3.05, 3.63) is 29.3 Å². The molecule has 1 saturated heterocycles. The maximum atomic E-state index is 6.14. The molecular weight excluding hydrogens is 258 g/mol. The SMILES string of the molecule is CC(C)C(N)CN1CCN(c2cccc(Cl)c2)CC1. The number of nitrogens with zero attached hydrogens (tertiary/aromatic N) is 2. The van der Waals surface area contributed by atoms with Gasteiger partial charge in [0.05, 0.1) is 0 Å². The fraction of sp³-hybridized carbons (Fsp3) is 0.600. The molecular formula is C15H24ClN3. The molecule has 3 nitrogen and oxygen atoms in total. The molecule has 1 atom stereocenters. The van der Waals surface area contributed by atoms with Crippen molar-refractivity contribution in [2.75, 3.05) is 37.6 Å². The molecule has 1 fully saturated rings. The second-order valence-electron chi connectivity index (χ2n) is 5.68. The summed E-state index contributed by atoms with van der Waals surface area (Å²) in [5, 5.41) is 0.807. The van der Waals surface area contributed by atoms with Crippen LogP contribution in [0, 0.1) is 5.92 Å². The van der Waals surface area contributed by atoms with E-state index >= 15 is 0 Å². The zero-order valence-electron chi connectivity index (χ0n) is 11.8. The van der Waals surface area contributed by atoms with Crippen LogP contribution in [0.25, 0.3) is 0 Å². The summed E-state index contributed by atoms with van der Waals surface area (Å²) in [6.07, 6.45) is 0. The van der Waals surface area contributed by atoms with Crippen LogP contribution in [-0.4, -0.2) is 43.7 Å². The van der Waals surface area contributed by atoms with Crippen LogP contribution in [0.2, 0.25) is 5.02 Å². The van der Waals surface area contributed by atoms with Gasteiger partial charge in [-0.25, -0.2) is 0 Å². The molecule has 1 aromatic carbocycles. The summed E-state index contributed by atoms with van der Waals surface area (Å²) >= 11 is 6.04. The highest BCUT2D eigenvalue weighted by Crippen LogP contribution is 2.20. The molecule has 106 valence electrons. The topological polar surface area (TPSA) is 32.5 Å². The van der Waals surface area contributed by atoms with Crippen molar-refractivity contribution >= 4 is 17.3 Å². The highest BCUT2D eigenvalue weighted by atomic mass is 35.5. The van der Waals surface area contributed by atoms with Gasteiger partial charge in [0.2, 0.25) is 0 Å². The highest BCUT2D eigenvalue weighted by Gasteiger charge is 2.20. The van der Waals surface area contributed by atoms with Gasteiger partial charge < -0.3 is 10.6 Å². The number of rotatable bonds is 4. The molecule has 1 aromatic rings. The molecule has 0 saturated carbocycles. The van der Waals surface area contributed by atoms with Gasteiger partial charge in [0.25, 0.3) is 0 Å². The Morgan fingerprint density at radius 2 is 1.89 bits per heavy atom. The smallest absolute Gasteiger partial charge is 0.0426 e. The third kappa shape index (κ3) is 4.10. The zero-order chi connectivity index (χ0) is 13.8. The normalized spacial score (nSPS) is 18.9. The lowest BCUT2D eigenvalue weighted by molar-refractivity contribution is 0.226. The summed E-state index contributed by atoms with van der Waals surface area (Å²) in [6.45, 7) is 9.62. The third-order valence-corrected chi connectivity index (χ3v) is 4.11. The average Bonchev–Trinajstić information content (AvgIpc) is 2.39. The lowest BCUT2D eigenvalue weighted by atomic mass is 10.0. The van der Waals surface area contributed by atoms with Crippen molar-refractivity contribution in [3.63, 3.8) is 0 Å². The Labute approximate surface area is 121 Å². The predicted molar refractivity (Wildman–Crippen MR) is 82.9 cm³/mol. The van der Waals surface area contributed by atoms with Gasteiger partial charge in [-0.3, -0.25) is 4.90 Å². The van der Waals surface area contributed by atoms with Gasteiger partial charge in [0.1, 0.15) is 0 Å². The standard InChI is InChI=1S/C15H24ClN3/c1-12(2)15(17)11-18-6-8-19(9-7-18)14-5-3-4-13(16)10-14/h3-5,10,12,15H,6-9,11,17H2,1-2H3. The molecule has 1 unspecified atom stereocenters. The summed E-state index contributed by atoms with van der Waals surface area (Å²) in [4.78, 5) is 4.86. The molecule has 0 aliphatic carbocycles. The van der Waals surface area contributed by atoms with Crippen LogP contribution in [0.1, 0.15) is 13.8 Å². The third-order valence-electron chi connectivity index (χ3n) is 3.87. The van der Waals surface area contributed by atoms with E-state index in [1.165, 1.54) is 5.69 Å². The number of hydrogen-bond donors (Lipinski definition) is 1. The van der Waals surface area contributed by atoms with E-state index in [-0.39, 0.29) is 6.04 Å². The summed E-state index contributed by atoms with van der Waals surface area (Å²) < 4.78 is 0. The van der Waals surface area contributed by atoms with Gasteiger partial charge >= 0.3 is 0 Å². The lowest BCUT2D eigenvalue weighted by Gasteiger charge is -2.37. The minimum absolute atomic E-state index is 0.276. The van der Waals surface area contributed by atoms with Crippen molar-refractivity contribution < 1.29 is 0 Å². The van der Waals surface area contributed by atoms with Crippen LogP contribution in [0.15, 0.2) is 24.3 Å². The molecule has 2 N–H and O–H groups in total.